The fraction of sp³-hybridized carbons (Fsp3) is 0.100. The van der Waals surface area contributed by atoms with Crippen LogP contribution in [0.3, 0.4) is 0 Å². The molecule has 0 fully saturated rings. The monoisotopic (exact) mass is 215 g/mol. The number of fused-ring (bicyclic) bond motifs is 1. The first-order chi connectivity index (χ1) is 7.75. The van der Waals surface area contributed by atoms with Crippen LogP contribution in [0.2, 0.25) is 0 Å². The van der Waals surface area contributed by atoms with Crippen molar-refractivity contribution in [1.29, 1.82) is 0 Å². The zero-order chi connectivity index (χ0) is 11.1. The number of pyridine rings is 1. The first-order valence-electron chi connectivity index (χ1n) is 4.75. The molecule has 0 aromatic carbocycles. The van der Waals surface area contributed by atoms with Gasteiger partial charge in [0.15, 0.2) is 11.2 Å². The zero-order valence-corrected chi connectivity index (χ0v) is 8.58. The van der Waals surface area contributed by atoms with Crippen molar-refractivity contribution >= 4 is 17.0 Å². The molecule has 3 rings (SSSR count). The van der Waals surface area contributed by atoms with Crippen molar-refractivity contribution in [3.05, 3.63) is 24.5 Å². The second-order valence-electron chi connectivity index (χ2n) is 3.41. The minimum absolute atomic E-state index is 0.444. The number of hydrogen-bond acceptors (Lipinski definition) is 5. The maximum absolute atomic E-state index is 5.84. The van der Waals surface area contributed by atoms with Crippen LogP contribution in [0.1, 0.15) is 0 Å². The second-order valence-corrected chi connectivity index (χ2v) is 3.41. The van der Waals surface area contributed by atoms with Crippen LogP contribution in [0.25, 0.3) is 22.7 Å². The van der Waals surface area contributed by atoms with E-state index in [-0.39, 0.29) is 0 Å². The molecule has 0 saturated carbocycles. The summed E-state index contributed by atoms with van der Waals surface area (Å²) in [5.41, 5.74) is 7.73. The van der Waals surface area contributed by atoms with Crippen molar-refractivity contribution in [2.75, 3.05) is 5.73 Å². The molecule has 6 nitrogen and oxygen atoms in total. The Morgan fingerprint density at radius 3 is 3.00 bits per heavy atom. The lowest BCUT2D eigenvalue weighted by Crippen LogP contribution is -1.97. The SMILES string of the molecule is Cn1ncc(-c2nc3ncccc3o2)c1N. The highest BCUT2D eigenvalue weighted by Crippen LogP contribution is 2.26. The largest absolute Gasteiger partial charge is 0.434 e. The summed E-state index contributed by atoms with van der Waals surface area (Å²) in [6.45, 7) is 0. The van der Waals surface area contributed by atoms with Gasteiger partial charge in [-0.2, -0.15) is 10.1 Å². The van der Waals surface area contributed by atoms with Gasteiger partial charge in [-0.3, -0.25) is 4.68 Å². The van der Waals surface area contributed by atoms with E-state index in [2.05, 4.69) is 15.1 Å². The Hall–Kier alpha value is -2.37. The van der Waals surface area contributed by atoms with Gasteiger partial charge in [-0.15, -0.1) is 0 Å². The van der Waals surface area contributed by atoms with Crippen LogP contribution in [-0.4, -0.2) is 19.7 Å². The van der Waals surface area contributed by atoms with Gasteiger partial charge >= 0.3 is 0 Å². The summed E-state index contributed by atoms with van der Waals surface area (Å²) in [6, 6.07) is 3.61. The molecule has 0 aliphatic heterocycles. The van der Waals surface area contributed by atoms with Crippen molar-refractivity contribution in [2.24, 2.45) is 7.05 Å². The number of hydrogen-bond donors (Lipinski definition) is 1. The van der Waals surface area contributed by atoms with Crippen LogP contribution in [0.15, 0.2) is 28.9 Å². The second kappa shape index (κ2) is 3.06. The molecule has 0 aliphatic carbocycles. The molecule has 3 aromatic heterocycles. The number of anilines is 1. The molecular weight excluding hydrogens is 206 g/mol. The summed E-state index contributed by atoms with van der Waals surface area (Å²) < 4.78 is 7.11. The van der Waals surface area contributed by atoms with Crippen LogP contribution in [0.4, 0.5) is 5.82 Å². The standard InChI is InChI=1S/C10H9N5O/c1-15-8(11)6(5-13-15)10-14-9-7(16-10)3-2-4-12-9/h2-5H,11H2,1H3. The molecule has 0 spiro atoms. The van der Waals surface area contributed by atoms with E-state index in [9.17, 15) is 0 Å². The lowest BCUT2D eigenvalue weighted by Gasteiger charge is -1.94. The lowest BCUT2D eigenvalue weighted by molar-refractivity contribution is 0.620. The molecule has 3 aromatic rings. The molecule has 0 aliphatic rings. The van der Waals surface area contributed by atoms with E-state index < -0.39 is 0 Å². The predicted octanol–water partition coefficient (Wildman–Crippen LogP) is 1.21. The third-order valence-electron chi connectivity index (χ3n) is 2.38. The normalized spacial score (nSPS) is 11.1. The number of aryl methyl sites for hydroxylation is 1. The van der Waals surface area contributed by atoms with Crippen molar-refractivity contribution in [2.45, 2.75) is 0 Å². The van der Waals surface area contributed by atoms with E-state index >= 15 is 0 Å². The molecule has 0 unspecified atom stereocenters. The molecule has 0 amide bonds. The topological polar surface area (TPSA) is 82.8 Å². The molecule has 0 bridgehead atoms. The van der Waals surface area contributed by atoms with Crippen LogP contribution < -0.4 is 5.73 Å². The van der Waals surface area contributed by atoms with E-state index in [0.717, 1.165) is 0 Å². The van der Waals surface area contributed by atoms with Gasteiger partial charge in [0.2, 0.25) is 5.89 Å². The Bertz CT molecular complexity index is 621. The number of rotatable bonds is 1. The number of oxazole rings is 1. The molecule has 0 atom stereocenters. The summed E-state index contributed by atoms with van der Waals surface area (Å²) >= 11 is 0. The maximum Gasteiger partial charge on any atom is 0.234 e. The number of aromatic nitrogens is 4. The van der Waals surface area contributed by atoms with Crippen LogP contribution >= 0.6 is 0 Å². The number of nitrogens with zero attached hydrogens (tertiary/aromatic N) is 4. The fourth-order valence-corrected chi connectivity index (χ4v) is 1.50. The maximum atomic E-state index is 5.84. The summed E-state index contributed by atoms with van der Waals surface area (Å²) in [5, 5.41) is 4.03. The van der Waals surface area contributed by atoms with Gasteiger partial charge < -0.3 is 10.2 Å². The molecule has 2 N–H and O–H groups in total. The third kappa shape index (κ3) is 1.16. The van der Waals surface area contributed by atoms with E-state index in [1.165, 1.54) is 0 Å². The summed E-state index contributed by atoms with van der Waals surface area (Å²) in [6.07, 6.45) is 3.29. The number of nitrogen functional groups attached to an aromatic ring is 1. The Morgan fingerprint density at radius 2 is 2.31 bits per heavy atom. The summed E-state index contributed by atoms with van der Waals surface area (Å²) in [5.74, 6) is 0.964. The van der Waals surface area contributed by atoms with Crippen LogP contribution in [-0.2, 0) is 7.05 Å². The summed E-state index contributed by atoms with van der Waals surface area (Å²) in [4.78, 5) is 8.34. The van der Waals surface area contributed by atoms with Crippen molar-refractivity contribution in [1.82, 2.24) is 19.7 Å². The summed E-state index contributed by atoms with van der Waals surface area (Å²) in [7, 11) is 1.76. The van der Waals surface area contributed by atoms with Crippen molar-refractivity contribution in [3.63, 3.8) is 0 Å². The molecule has 3 heterocycles. The molecule has 0 radical (unpaired) electrons. The van der Waals surface area contributed by atoms with E-state index in [1.807, 2.05) is 6.07 Å². The highest BCUT2D eigenvalue weighted by molar-refractivity contribution is 5.75. The smallest absolute Gasteiger partial charge is 0.234 e. The van der Waals surface area contributed by atoms with Gasteiger partial charge in [0, 0.05) is 13.2 Å². The van der Waals surface area contributed by atoms with Gasteiger partial charge in [0.25, 0.3) is 0 Å². The minimum atomic E-state index is 0.444. The van der Waals surface area contributed by atoms with Crippen LogP contribution in [0.5, 0.6) is 0 Å². The van der Waals surface area contributed by atoms with E-state index in [0.29, 0.717) is 28.5 Å². The highest BCUT2D eigenvalue weighted by atomic mass is 16.3. The lowest BCUT2D eigenvalue weighted by atomic mass is 10.3. The van der Waals surface area contributed by atoms with Crippen LogP contribution in [0, 0.1) is 0 Å². The quantitative estimate of drug-likeness (QED) is 0.659. The third-order valence-corrected chi connectivity index (χ3v) is 2.38. The fourth-order valence-electron chi connectivity index (χ4n) is 1.50. The Kier molecular flexibility index (Phi) is 1.70. The predicted molar refractivity (Wildman–Crippen MR) is 58.4 cm³/mol. The first kappa shape index (κ1) is 8.90. The zero-order valence-electron chi connectivity index (χ0n) is 8.58. The number of nitrogens with two attached hydrogens (primary N) is 1. The van der Waals surface area contributed by atoms with E-state index in [1.54, 1.807) is 30.2 Å². The Labute approximate surface area is 90.7 Å². The average Bonchev–Trinajstić information content (AvgIpc) is 2.84. The minimum Gasteiger partial charge on any atom is -0.434 e. The Balaban J connectivity index is 2.23. The van der Waals surface area contributed by atoms with Crippen molar-refractivity contribution in [3.8, 4) is 11.5 Å². The average molecular weight is 215 g/mol. The molecule has 80 valence electrons. The van der Waals surface area contributed by atoms with E-state index in [4.69, 9.17) is 10.2 Å². The molecule has 16 heavy (non-hydrogen) atoms. The molecule has 6 heteroatoms. The van der Waals surface area contributed by atoms with Gasteiger partial charge in [0.05, 0.1) is 11.8 Å². The van der Waals surface area contributed by atoms with Crippen molar-refractivity contribution < 1.29 is 4.42 Å². The van der Waals surface area contributed by atoms with Gasteiger partial charge in [-0.1, -0.05) is 0 Å². The molecule has 0 saturated heterocycles. The molecular formula is C10H9N5O. The van der Waals surface area contributed by atoms with Gasteiger partial charge in [-0.05, 0) is 12.1 Å². The van der Waals surface area contributed by atoms with Gasteiger partial charge in [0.1, 0.15) is 5.82 Å². The highest BCUT2D eigenvalue weighted by Gasteiger charge is 2.14. The first-order valence-corrected chi connectivity index (χ1v) is 4.75. The van der Waals surface area contributed by atoms with Gasteiger partial charge in [-0.25, -0.2) is 4.98 Å². The Morgan fingerprint density at radius 1 is 1.44 bits per heavy atom.